The van der Waals surface area contributed by atoms with E-state index in [1.165, 1.54) is 11.0 Å². The standard InChI is InChI=1S/C14H17F3N2O3S/c1-3-9(2)19(7-13(21)22)12(20)8-23-11-5-4-10(6-18-11)14(15,16)17/h4-6,9H,3,7-8H2,1-2H3,(H,21,22). The Labute approximate surface area is 135 Å². The van der Waals surface area contributed by atoms with Gasteiger partial charge in [0.25, 0.3) is 0 Å². The number of alkyl halides is 3. The molecule has 1 atom stereocenters. The van der Waals surface area contributed by atoms with Crippen LogP contribution in [0.4, 0.5) is 13.2 Å². The van der Waals surface area contributed by atoms with Crippen LogP contribution in [0.25, 0.3) is 0 Å². The zero-order valence-corrected chi connectivity index (χ0v) is 13.4. The Bertz CT molecular complexity index is 549. The topological polar surface area (TPSA) is 70.5 Å². The van der Waals surface area contributed by atoms with Crippen LogP contribution in [-0.4, -0.2) is 45.2 Å². The predicted octanol–water partition coefficient (Wildman–Crippen LogP) is 2.90. The number of thioether (sulfide) groups is 1. The first kappa shape index (κ1) is 19.3. The van der Waals surface area contributed by atoms with Crippen LogP contribution in [0.1, 0.15) is 25.8 Å². The minimum atomic E-state index is -4.46. The van der Waals surface area contributed by atoms with E-state index in [1.807, 2.05) is 6.92 Å². The number of carbonyl (C=O) groups is 2. The van der Waals surface area contributed by atoms with E-state index in [4.69, 9.17) is 5.11 Å². The van der Waals surface area contributed by atoms with Crippen molar-refractivity contribution in [3.05, 3.63) is 23.9 Å². The predicted molar refractivity (Wildman–Crippen MR) is 79.1 cm³/mol. The lowest BCUT2D eigenvalue weighted by Crippen LogP contribution is -2.42. The molecule has 0 fully saturated rings. The number of halogens is 3. The molecule has 128 valence electrons. The highest BCUT2D eigenvalue weighted by atomic mass is 32.2. The Kier molecular flexibility index (Phi) is 6.86. The van der Waals surface area contributed by atoms with Gasteiger partial charge in [0.05, 0.1) is 16.3 Å². The summed E-state index contributed by atoms with van der Waals surface area (Å²) in [5.41, 5.74) is -0.861. The maximum Gasteiger partial charge on any atom is 0.417 e. The molecule has 0 aliphatic heterocycles. The first-order chi connectivity index (χ1) is 10.6. The van der Waals surface area contributed by atoms with Crippen molar-refractivity contribution in [1.29, 1.82) is 0 Å². The van der Waals surface area contributed by atoms with E-state index >= 15 is 0 Å². The molecule has 9 heteroatoms. The summed E-state index contributed by atoms with van der Waals surface area (Å²) in [5, 5.41) is 9.12. The van der Waals surface area contributed by atoms with Gasteiger partial charge in [0.15, 0.2) is 0 Å². The molecule has 0 aliphatic carbocycles. The van der Waals surface area contributed by atoms with Crippen molar-refractivity contribution in [2.75, 3.05) is 12.3 Å². The second kappa shape index (κ2) is 8.19. The molecule has 0 aromatic carbocycles. The lowest BCUT2D eigenvalue weighted by molar-refractivity contribution is -0.144. The number of carbonyl (C=O) groups excluding carboxylic acids is 1. The number of aliphatic carboxylic acids is 1. The summed E-state index contributed by atoms with van der Waals surface area (Å²) < 4.78 is 37.3. The third-order valence-electron chi connectivity index (χ3n) is 3.16. The fourth-order valence-electron chi connectivity index (χ4n) is 1.71. The summed E-state index contributed by atoms with van der Waals surface area (Å²) in [5.74, 6) is -1.60. The van der Waals surface area contributed by atoms with E-state index in [9.17, 15) is 22.8 Å². The van der Waals surface area contributed by atoms with Crippen LogP contribution in [0.15, 0.2) is 23.4 Å². The van der Waals surface area contributed by atoms with E-state index in [0.717, 1.165) is 17.8 Å². The van der Waals surface area contributed by atoms with Gasteiger partial charge >= 0.3 is 12.1 Å². The summed E-state index contributed by atoms with van der Waals surface area (Å²) in [7, 11) is 0. The second-order valence-corrected chi connectivity index (χ2v) is 5.84. The highest BCUT2D eigenvalue weighted by Gasteiger charge is 2.30. The molecule has 0 saturated heterocycles. The van der Waals surface area contributed by atoms with Crippen LogP contribution in [0.2, 0.25) is 0 Å². The number of pyridine rings is 1. The summed E-state index contributed by atoms with van der Waals surface area (Å²) in [6.07, 6.45) is -3.15. The maximum atomic E-state index is 12.4. The molecule has 0 radical (unpaired) electrons. The van der Waals surface area contributed by atoms with E-state index < -0.39 is 30.2 Å². The molecule has 1 unspecified atom stereocenters. The van der Waals surface area contributed by atoms with Crippen molar-refractivity contribution in [3.8, 4) is 0 Å². The summed E-state index contributed by atoms with van der Waals surface area (Å²) >= 11 is 0.969. The molecule has 1 amide bonds. The Morgan fingerprint density at radius 2 is 2.04 bits per heavy atom. The molecule has 0 spiro atoms. The van der Waals surface area contributed by atoms with Crippen LogP contribution in [-0.2, 0) is 15.8 Å². The average Bonchev–Trinajstić information content (AvgIpc) is 2.48. The number of carboxylic acid groups (broad SMARTS) is 1. The van der Waals surface area contributed by atoms with Crippen LogP contribution >= 0.6 is 11.8 Å². The van der Waals surface area contributed by atoms with Gasteiger partial charge < -0.3 is 10.0 Å². The molecule has 0 saturated carbocycles. The number of amides is 1. The van der Waals surface area contributed by atoms with Gasteiger partial charge in [-0.1, -0.05) is 18.7 Å². The Morgan fingerprint density at radius 3 is 2.48 bits per heavy atom. The molecule has 1 aromatic heterocycles. The number of hydrogen-bond acceptors (Lipinski definition) is 4. The van der Waals surface area contributed by atoms with Crippen LogP contribution in [0, 0.1) is 0 Å². The molecular weight excluding hydrogens is 333 g/mol. The molecule has 0 bridgehead atoms. The smallest absolute Gasteiger partial charge is 0.417 e. The van der Waals surface area contributed by atoms with Crippen molar-refractivity contribution in [2.45, 2.75) is 37.5 Å². The van der Waals surface area contributed by atoms with Gasteiger partial charge in [-0.3, -0.25) is 9.59 Å². The van der Waals surface area contributed by atoms with Crippen molar-refractivity contribution < 1.29 is 27.9 Å². The average molecular weight is 350 g/mol. The quantitative estimate of drug-likeness (QED) is 0.766. The molecule has 5 nitrogen and oxygen atoms in total. The molecule has 1 rings (SSSR count). The highest BCUT2D eigenvalue weighted by molar-refractivity contribution is 7.99. The van der Waals surface area contributed by atoms with Gasteiger partial charge in [0.2, 0.25) is 5.91 Å². The Balaban J connectivity index is 2.68. The number of hydrogen-bond donors (Lipinski definition) is 1. The van der Waals surface area contributed by atoms with Crippen molar-refractivity contribution in [1.82, 2.24) is 9.88 Å². The number of rotatable bonds is 7. The van der Waals surface area contributed by atoms with E-state index in [-0.39, 0.29) is 16.8 Å². The Hall–Kier alpha value is -1.77. The third kappa shape index (κ3) is 6.09. The van der Waals surface area contributed by atoms with E-state index in [0.29, 0.717) is 12.6 Å². The molecule has 23 heavy (non-hydrogen) atoms. The normalized spacial score (nSPS) is 12.7. The molecule has 1 aromatic rings. The largest absolute Gasteiger partial charge is 0.480 e. The first-order valence-electron chi connectivity index (χ1n) is 6.82. The van der Waals surface area contributed by atoms with Gasteiger partial charge in [-0.15, -0.1) is 0 Å². The summed E-state index contributed by atoms with van der Waals surface area (Å²) in [4.78, 5) is 27.8. The number of carboxylic acids is 1. The SMILES string of the molecule is CCC(C)N(CC(=O)O)C(=O)CSc1ccc(C(F)(F)F)cn1. The van der Waals surface area contributed by atoms with Gasteiger partial charge in [-0.2, -0.15) is 13.2 Å². The minimum absolute atomic E-state index is 0.0873. The molecule has 0 aliphatic rings. The van der Waals surface area contributed by atoms with Gasteiger partial charge in [-0.25, -0.2) is 4.98 Å². The van der Waals surface area contributed by atoms with Gasteiger partial charge in [-0.05, 0) is 25.5 Å². The summed E-state index contributed by atoms with van der Waals surface area (Å²) in [6.45, 7) is 3.16. The van der Waals surface area contributed by atoms with Crippen molar-refractivity contribution >= 4 is 23.6 Å². The number of nitrogens with zero attached hydrogens (tertiary/aromatic N) is 2. The van der Waals surface area contributed by atoms with Crippen molar-refractivity contribution in [3.63, 3.8) is 0 Å². The third-order valence-corrected chi connectivity index (χ3v) is 4.08. The zero-order valence-electron chi connectivity index (χ0n) is 12.6. The van der Waals surface area contributed by atoms with Crippen LogP contribution in [0.5, 0.6) is 0 Å². The highest BCUT2D eigenvalue weighted by Crippen LogP contribution is 2.29. The van der Waals surface area contributed by atoms with Gasteiger partial charge in [0.1, 0.15) is 6.54 Å². The molecule has 1 heterocycles. The zero-order chi connectivity index (χ0) is 17.6. The minimum Gasteiger partial charge on any atom is -0.480 e. The van der Waals surface area contributed by atoms with Crippen LogP contribution < -0.4 is 0 Å². The van der Waals surface area contributed by atoms with Crippen molar-refractivity contribution in [2.24, 2.45) is 0 Å². The number of aromatic nitrogens is 1. The molecule has 1 N–H and O–H groups in total. The fourth-order valence-corrected chi connectivity index (χ4v) is 2.44. The lowest BCUT2D eigenvalue weighted by Gasteiger charge is -2.26. The van der Waals surface area contributed by atoms with E-state index in [2.05, 4.69) is 4.98 Å². The monoisotopic (exact) mass is 350 g/mol. The van der Waals surface area contributed by atoms with Gasteiger partial charge in [0, 0.05) is 12.2 Å². The fraction of sp³-hybridized carbons (Fsp3) is 0.500. The Morgan fingerprint density at radius 1 is 1.39 bits per heavy atom. The second-order valence-electron chi connectivity index (χ2n) is 4.84. The molecular formula is C14H17F3N2O3S. The first-order valence-corrected chi connectivity index (χ1v) is 7.81. The maximum absolute atomic E-state index is 12.4. The van der Waals surface area contributed by atoms with Crippen LogP contribution in [0.3, 0.4) is 0 Å². The van der Waals surface area contributed by atoms with E-state index in [1.54, 1.807) is 6.92 Å². The summed E-state index contributed by atoms with van der Waals surface area (Å²) in [6, 6.07) is 1.84. The lowest BCUT2D eigenvalue weighted by atomic mass is 10.2.